The SMILES string of the molecule is C=S(C)N(Cc1ccc(C(=O)NN)cn1)c1cccnc1. The van der Waals surface area contributed by atoms with Gasteiger partial charge in [0.15, 0.2) is 0 Å². The van der Waals surface area contributed by atoms with Crippen LogP contribution in [-0.2, 0) is 6.54 Å². The maximum absolute atomic E-state index is 11.4. The highest BCUT2D eigenvalue weighted by Gasteiger charge is 2.10. The van der Waals surface area contributed by atoms with E-state index in [0.717, 1.165) is 11.4 Å². The molecule has 0 aliphatic heterocycles. The fourth-order valence-corrected chi connectivity index (χ4v) is 2.59. The summed E-state index contributed by atoms with van der Waals surface area (Å²) in [6, 6.07) is 7.37. The Hall–Kier alpha value is -2.25. The van der Waals surface area contributed by atoms with Crippen LogP contribution in [0.3, 0.4) is 0 Å². The van der Waals surface area contributed by atoms with Gasteiger partial charge in [-0.05, 0) is 30.5 Å². The van der Waals surface area contributed by atoms with E-state index in [9.17, 15) is 4.79 Å². The Morgan fingerprint density at radius 1 is 1.43 bits per heavy atom. The van der Waals surface area contributed by atoms with Crippen molar-refractivity contribution in [2.75, 3.05) is 10.6 Å². The van der Waals surface area contributed by atoms with Gasteiger partial charge in [-0.2, -0.15) is 0 Å². The number of hydrazine groups is 1. The summed E-state index contributed by atoms with van der Waals surface area (Å²) < 4.78 is 2.11. The molecule has 2 heterocycles. The van der Waals surface area contributed by atoms with Crippen molar-refractivity contribution >= 4 is 28.1 Å². The van der Waals surface area contributed by atoms with E-state index >= 15 is 0 Å². The number of hydrogen-bond donors (Lipinski definition) is 2. The second-order valence-corrected chi connectivity index (χ2v) is 6.00. The van der Waals surface area contributed by atoms with Crippen molar-refractivity contribution < 1.29 is 4.79 Å². The summed E-state index contributed by atoms with van der Waals surface area (Å²) >= 11 is 0. The van der Waals surface area contributed by atoms with Gasteiger partial charge in [0.05, 0.1) is 29.7 Å². The summed E-state index contributed by atoms with van der Waals surface area (Å²) in [7, 11) is -0.217. The molecule has 0 bridgehead atoms. The number of nitrogen functional groups attached to an aromatic ring is 1. The summed E-state index contributed by atoms with van der Waals surface area (Å²) in [5.41, 5.74) is 4.34. The molecule has 1 unspecified atom stereocenters. The lowest BCUT2D eigenvalue weighted by molar-refractivity contribution is 0.0953. The maximum atomic E-state index is 11.4. The third kappa shape index (κ3) is 3.87. The van der Waals surface area contributed by atoms with Crippen LogP contribution in [0.25, 0.3) is 0 Å². The Labute approximate surface area is 126 Å². The molecule has 0 fully saturated rings. The van der Waals surface area contributed by atoms with E-state index in [-0.39, 0.29) is 16.6 Å². The second kappa shape index (κ2) is 6.96. The van der Waals surface area contributed by atoms with E-state index in [2.05, 4.69) is 25.6 Å². The van der Waals surface area contributed by atoms with Crippen LogP contribution in [0.4, 0.5) is 5.69 Å². The molecule has 6 nitrogen and oxygen atoms in total. The first kappa shape index (κ1) is 15.1. The molecule has 1 atom stereocenters. The van der Waals surface area contributed by atoms with Crippen molar-refractivity contribution in [2.24, 2.45) is 5.84 Å². The Morgan fingerprint density at radius 2 is 2.24 bits per heavy atom. The summed E-state index contributed by atoms with van der Waals surface area (Å²) in [4.78, 5) is 19.8. The van der Waals surface area contributed by atoms with Crippen LogP contribution in [0.15, 0.2) is 42.9 Å². The zero-order valence-corrected chi connectivity index (χ0v) is 12.5. The van der Waals surface area contributed by atoms with Gasteiger partial charge >= 0.3 is 0 Å². The summed E-state index contributed by atoms with van der Waals surface area (Å²) in [5.74, 6) is 8.82. The number of nitrogens with two attached hydrogens (primary N) is 1. The molecule has 7 heteroatoms. The van der Waals surface area contributed by atoms with Gasteiger partial charge in [-0.3, -0.25) is 20.2 Å². The Morgan fingerprint density at radius 3 is 2.76 bits per heavy atom. The van der Waals surface area contributed by atoms with Crippen LogP contribution < -0.4 is 15.6 Å². The molecule has 3 N–H and O–H groups in total. The van der Waals surface area contributed by atoms with Crippen molar-refractivity contribution in [3.63, 3.8) is 0 Å². The smallest absolute Gasteiger partial charge is 0.266 e. The highest BCUT2D eigenvalue weighted by Crippen LogP contribution is 2.25. The van der Waals surface area contributed by atoms with Crippen molar-refractivity contribution in [3.05, 3.63) is 54.1 Å². The van der Waals surface area contributed by atoms with E-state index in [0.29, 0.717) is 12.1 Å². The Balaban J connectivity index is 2.18. The van der Waals surface area contributed by atoms with Crippen LogP contribution >= 0.6 is 10.7 Å². The molecule has 2 aromatic heterocycles. The number of amides is 1. The van der Waals surface area contributed by atoms with Crippen LogP contribution in [0.2, 0.25) is 0 Å². The van der Waals surface area contributed by atoms with Gasteiger partial charge in [0.2, 0.25) is 0 Å². The molecule has 0 aromatic carbocycles. The molecule has 2 rings (SSSR count). The lowest BCUT2D eigenvalue weighted by atomic mass is 10.2. The van der Waals surface area contributed by atoms with E-state index < -0.39 is 0 Å². The fraction of sp³-hybridized carbons (Fsp3) is 0.143. The second-order valence-electron chi connectivity index (χ2n) is 4.36. The number of pyridine rings is 2. The van der Waals surface area contributed by atoms with Crippen LogP contribution in [0, 0.1) is 0 Å². The standard InChI is InChI=1S/C14H17N5OS/c1-21(2)19(13-4-3-7-16-9-13)10-12-6-5-11(8-17-12)14(20)18-15/h3-9H,1,10,15H2,2H3,(H,18,20). The van der Waals surface area contributed by atoms with Crippen molar-refractivity contribution in [3.8, 4) is 0 Å². The van der Waals surface area contributed by atoms with Gasteiger partial charge in [0.25, 0.3) is 5.91 Å². The molecule has 2 aromatic rings. The molecule has 0 radical (unpaired) electrons. The number of carbonyl (C=O) groups excluding carboxylic acids is 1. The molecule has 21 heavy (non-hydrogen) atoms. The van der Waals surface area contributed by atoms with Crippen molar-refractivity contribution in [2.45, 2.75) is 6.54 Å². The molecule has 0 saturated heterocycles. The normalized spacial score (nSPS) is 11.7. The number of rotatable bonds is 5. The first-order valence-corrected chi connectivity index (χ1v) is 7.97. The molecule has 0 aliphatic carbocycles. The molecular formula is C14H17N5OS. The molecule has 0 aliphatic rings. The first-order chi connectivity index (χ1) is 10.1. The minimum absolute atomic E-state index is 0.217. The van der Waals surface area contributed by atoms with Crippen LogP contribution in [0.1, 0.15) is 16.1 Å². The van der Waals surface area contributed by atoms with Gasteiger partial charge in [0, 0.05) is 12.4 Å². The average molecular weight is 303 g/mol. The third-order valence-electron chi connectivity index (χ3n) is 2.83. The van der Waals surface area contributed by atoms with Crippen molar-refractivity contribution in [1.29, 1.82) is 0 Å². The highest BCUT2D eigenvalue weighted by molar-refractivity contribution is 8.14. The van der Waals surface area contributed by atoms with Crippen molar-refractivity contribution in [1.82, 2.24) is 15.4 Å². The molecule has 0 saturated carbocycles. The molecule has 0 spiro atoms. The number of carbonyl (C=O) groups is 1. The molecule has 1 amide bonds. The van der Waals surface area contributed by atoms with Gasteiger partial charge < -0.3 is 4.31 Å². The van der Waals surface area contributed by atoms with E-state index in [1.165, 1.54) is 6.20 Å². The number of anilines is 1. The van der Waals surface area contributed by atoms with E-state index in [1.807, 2.05) is 18.4 Å². The predicted octanol–water partition coefficient (Wildman–Crippen LogP) is 1.33. The highest BCUT2D eigenvalue weighted by atomic mass is 32.2. The summed E-state index contributed by atoms with van der Waals surface area (Å²) in [6.45, 7) is 0.597. The number of hydrogen-bond acceptors (Lipinski definition) is 5. The minimum atomic E-state index is -0.356. The molecule has 110 valence electrons. The quantitative estimate of drug-likeness (QED) is 0.377. The van der Waals surface area contributed by atoms with Gasteiger partial charge in [-0.15, -0.1) is 10.7 Å². The number of nitrogens with zero attached hydrogens (tertiary/aromatic N) is 3. The third-order valence-corrected chi connectivity index (χ3v) is 3.93. The number of nitrogens with one attached hydrogen (secondary N) is 1. The van der Waals surface area contributed by atoms with Crippen LogP contribution in [0.5, 0.6) is 0 Å². The predicted molar refractivity (Wildman–Crippen MR) is 86.9 cm³/mol. The zero-order valence-electron chi connectivity index (χ0n) is 11.7. The summed E-state index contributed by atoms with van der Waals surface area (Å²) in [6.07, 6.45) is 7.07. The van der Waals surface area contributed by atoms with Crippen LogP contribution in [-0.4, -0.2) is 28.0 Å². The van der Waals surface area contributed by atoms with E-state index in [1.54, 1.807) is 24.5 Å². The average Bonchev–Trinajstić information content (AvgIpc) is 2.53. The summed E-state index contributed by atoms with van der Waals surface area (Å²) in [5, 5.41) is 0. The monoisotopic (exact) mass is 303 g/mol. The lowest BCUT2D eigenvalue weighted by Gasteiger charge is -2.24. The minimum Gasteiger partial charge on any atom is -0.315 e. The lowest BCUT2D eigenvalue weighted by Crippen LogP contribution is -2.30. The zero-order chi connectivity index (χ0) is 15.2. The maximum Gasteiger partial charge on any atom is 0.266 e. The van der Waals surface area contributed by atoms with Gasteiger partial charge in [0.1, 0.15) is 0 Å². The Kier molecular flexibility index (Phi) is 5.02. The van der Waals surface area contributed by atoms with Gasteiger partial charge in [-0.1, -0.05) is 5.87 Å². The van der Waals surface area contributed by atoms with Gasteiger partial charge in [-0.25, -0.2) is 5.84 Å². The molecular weight excluding hydrogens is 286 g/mol. The Bertz CT molecular complexity index is 630. The van der Waals surface area contributed by atoms with E-state index in [4.69, 9.17) is 5.84 Å². The fourth-order valence-electron chi connectivity index (χ4n) is 1.77. The first-order valence-electron chi connectivity index (χ1n) is 6.21. The topological polar surface area (TPSA) is 84.1 Å². The number of aromatic nitrogens is 2. The largest absolute Gasteiger partial charge is 0.315 e.